The number of carbonyl (C=O) groups excluding carboxylic acids is 1. The molecule has 0 aromatic carbocycles. The van der Waals surface area contributed by atoms with Crippen LogP contribution in [-0.2, 0) is 24.3 Å². The third kappa shape index (κ3) is 6.43. The lowest BCUT2D eigenvalue weighted by Gasteiger charge is -2.30. The van der Waals surface area contributed by atoms with E-state index in [1.54, 1.807) is 18.2 Å². The number of amides is 1. The van der Waals surface area contributed by atoms with Crippen molar-refractivity contribution < 1.29 is 27.8 Å². The van der Waals surface area contributed by atoms with E-state index in [9.17, 15) is 18.3 Å². The first-order chi connectivity index (χ1) is 15.2. The van der Waals surface area contributed by atoms with Gasteiger partial charge in [-0.15, -0.1) is 6.58 Å². The van der Waals surface area contributed by atoms with Gasteiger partial charge in [0.25, 0.3) is 10.0 Å². The summed E-state index contributed by atoms with van der Waals surface area (Å²) in [6, 6.07) is 0. The lowest BCUT2D eigenvalue weighted by molar-refractivity contribution is -0.120. The van der Waals surface area contributed by atoms with Gasteiger partial charge in [0.15, 0.2) is 6.29 Å². The summed E-state index contributed by atoms with van der Waals surface area (Å²) >= 11 is 0. The third-order valence-electron chi connectivity index (χ3n) is 5.88. The predicted molar refractivity (Wildman–Crippen MR) is 124 cm³/mol. The molecule has 0 saturated heterocycles. The average Bonchev–Trinajstić information content (AvgIpc) is 3.57. The number of sulfonamides is 1. The summed E-state index contributed by atoms with van der Waals surface area (Å²) in [7, 11) is -1.29. The minimum atomic E-state index is -4.13. The molecule has 2 aliphatic carbocycles. The minimum absolute atomic E-state index is 0.0122. The minimum Gasteiger partial charge on any atom is -0.496 e. The van der Waals surface area contributed by atoms with Crippen molar-refractivity contribution in [2.45, 2.75) is 45.8 Å². The van der Waals surface area contributed by atoms with Crippen LogP contribution in [0.1, 0.15) is 39.5 Å². The normalized spacial score (nSPS) is 25.5. The highest BCUT2D eigenvalue weighted by Crippen LogP contribution is 2.40. The molecule has 2 rings (SSSR count). The lowest BCUT2D eigenvalue weighted by atomic mass is 9.78. The second-order valence-electron chi connectivity index (χ2n) is 8.06. The first-order valence-electron chi connectivity index (χ1n) is 10.9. The summed E-state index contributed by atoms with van der Waals surface area (Å²) in [4.78, 5) is 12.4. The Morgan fingerprint density at radius 3 is 2.66 bits per heavy atom. The molecule has 0 radical (unpaired) electrons. The van der Waals surface area contributed by atoms with E-state index in [-0.39, 0.29) is 34.3 Å². The first-order valence-corrected chi connectivity index (χ1v) is 12.4. The molecule has 0 aliphatic heterocycles. The van der Waals surface area contributed by atoms with Gasteiger partial charge in [0.05, 0.1) is 7.11 Å². The van der Waals surface area contributed by atoms with E-state index >= 15 is 0 Å². The summed E-state index contributed by atoms with van der Waals surface area (Å²) in [6.45, 7) is 7.59. The number of nitrogens with one attached hydrogen (secondary N) is 1. The Hall–Kier alpha value is -2.16. The number of rotatable bonds is 12. The smallest absolute Gasteiger partial charge is 0.267 e. The monoisotopic (exact) mass is 465 g/mol. The number of ether oxygens (including phenoxy) is 2. The molecule has 0 spiro atoms. The number of allylic oxidation sites excluding steroid dienone is 7. The molecular weight excluding hydrogens is 430 g/mol. The zero-order chi connectivity index (χ0) is 23.9. The molecule has 0 aromatic rings. The number of hydrogen-bond donors (Lipinski definition) is 2. The van der Waals surface area contributed by atoms with Crippen molar-refractivity contribution in [1.82, 2.24) is 4.72 Å². The van der Waals surface area contributed by atoms with Gasteiger partial charge in [0.2, 0.25) is 5.91 Å². The van der Waals surface area contributed by atoms with Gasteiger partial charge >= 0.3 is 0 Å². The van der Waals surface area contributed by atoms with Gasteiger partial charge in [-0.3, -0.25) is 4.79 Å². The van der Waals surface area contributed by atoms with Crippen LogP contribution in [-0.4, -0.2) is 39.9 Å². The lowest BCUT2D eigenvalue weighted by Crippen LogP contribution is -2.35. The van der Waals surface area contributed by atoms with Crippen LogP contribution >= 0.6 is 0 Å². The molecule has 1 amide bonds. The predicted octanol–water partition coefficient (Wildman–Crippen LogP) is 3.57. The molecule has 2 aliphatic rings. The number of methoxy groups -OCH3 is 2. The summed E-state index contributed by atoms with van der Waals surface area (Å²) < 4.78 is 38.8. The fraction of sp³-hybridized carbons (Fsp3) is 0.542. The summed E-state index contributed by atoms with van der Waals surface area (Å²) in [5.41, 5.74) is 0.995. The Morgan fingerprint density at radius 2 is 2.12 bits per heavy atom. The number of carbonyl (C=O) groups is 1. The highest BCUT2D eigenvalue weighted by molar-refractivity contribution is 7.94. The van der Waals surface area contributed by atoms with E-state index in [1.165, 1.54) is 14.2 Å². The van der Waals surface area contributed by atoms with Crippen LogP contribution in [0.4, 0.5) is 0 Å². The number of aliphatic hydroxyl groups is 1. The Kier molecular flexibility index (Phi) is 9.48. The average molecular weight is 466 g/mol. The quantitative estimate of drug-likeness (QED) is 0.260. The van der Waals surface area contributed by atoms with Gasteiger partial charge in [0, 0.05) is 19.4 Å². The van der Waals surface area contributed by atoms with Gasteiger partial charge in [-0.1, -0.05) is 37.3 Å². The van der Waals surface area contributed by atoms with Gasteiger partial charge < -0.3 is 14.6 Å². The van der Waals surface area contributed by atoms with Crippen LogP contribution in [0.15, 0.2) is 59.3 Å². The Labute approximate surface area is 191 Å². The maximum absolute atomic E-state index is 13.1. The van der Waals surface area contributed by atoms with Crippen LogP contribution in [0.3, 0.4) is 0 Å². The first kappa shape index (κ1) is 26.1. The van der Waals surface area contributed by atoms with Crippen molar-refractivity contribution in [3.63, 3.8) is 0 Å². The SMILES string of the molecule is C=C[C@@H]1C[C@@H]1C(=O)NS(=O)(=O)C1=CC(C(CC(O)OC)C(/C=C\C)=C/CC)CC=C1OC. The van der Waals surface area contributed by atoms with Gasteiger partial charge in [-0.2, -0.15) is 0 Å². The zero-order valence-electron chi connectivity index (χ0n) is 19.3. The molecule has 32 heavy (non-hydrogen) atoms. The van der Waals surface area contributed by atoms with Crippen molar-refractivity contribution in [2.75, 3.05) is 14.2 Å². The van der Waals surface area contributed by atoms with Crippen molar-refractivity contribution in [3.8, 4) is 0 Å². The molecule has 2 N–H and O–H groups in total. The third-order valence-corrected chi connectivity index (χ3v) is 7.27. The van der Waals surface area contributed by atoms with E-state index in [2.05, 4.69) is 17.4 Å². The fourth-order valence-corrected chi connectivity index (χ4v) is 5.37. The Balaban J connectivity index is 2.39. The topological polar surface area (TPSA) is 102 Å². The van der Waals surface area contributed by atoms with Crippen LogP contribution in [0.25, 0.3) is 0 Å². The second kappa shape index (κ2) is 11.6. The maximum atomic E-state index is 13.1. The van der Waals surface area contributed by atoms with Crippen molar-refractivity contribution >= 4 is 15.9 Å². The van der Waals surface area contributed by atoms with E-state index in [0.29, 0.717) is 19.3 Å². The molecule has 3 unspecified atom stereocenters. The van der Waals surface area contributed by atoms with E-state index in [4.69, 9.17) is 9.47 Å². The molecule has 0 heterocycles. The highest BCUT2D eigenvalue weighted by atomic mass is 32.2. The molecule has 8 heteroatoms. The molecule has 1 saturated carbocycles. The van der Waals surface area contributed by atoms with E-state index < -0.39 is 22.2 Å². The molecular formula is C24H35NO6S. The van der Waals surface area contributed by atoms with Crippen molar-refractivity contribution in [2.24, 2.45) is 23.7 Å². The van der Waals surface area contributed by atoms with Crippen molar-refractivity contribution in [1.29, 1.82) is 0 Å². The summed E-state index contributed by atoms with van der Waals surface area (Å²) in [6.07, 6.45) is 12.2. The largest absolute Gasteiger partial charge is 0.496 e. The van der Waals surface area contributed by atoms with Gasteiger partial charge in [-0.05, 0) is 55.6 Å². The highest BCUT2D eigenvalue weighted by Gasteiger charge is 2.43. The molecule has 5 atom stereocenters. The molecule has 178 valence electrons. The maximum Gasteiger partial charge on any atom is 0.267 e. The Morgan fingerprint density at radius 1 is 1.41 bits per heavy atom. The standard InChI is InChI=1S/C24H35NO6S/c1-6-9-17(10-7-2)19(15-23(26)31-5)18-11-12-21(30-4)22(14-18)32(28,29)25-24(27)20-13-16(20)8-3/h6,8-10,12,14,16,18-20,23,26H,3,7,11,13,15H2,1-2,4-5H3,(H,25,27)/b9-6-,17-10+/t16-,18?,19?,20+,23?/m1/s1. The van der Waals surface area contributed by atoms with Crippen molar-refractivity contribution in [3.05, 3.63) is 59.3 Å². The van der Waals surface area contributed by atoms with Gasteiger partial charge in [0.1, 0.15) is 10.7 Å². The van der Waals surface area contributed by atoms with Crippen LogP contribution in [0.2, 0.25) is 0 Å². The van der Waals surface area contributed by atoms with E-state index in [0.717, 1.165) is 12.0 Å². The zero-order valence-corrected chi connectivity index (χ0v) is 20.1. The number of aliphatic hydroxyl groups excluding tert-OH is 1. The Bertz CT molecular complexity index is 915. The van der Waals surface area contributed by atoms with Crippen LogP contribution < -0.4 is 4.72 Å². The van der Waals surface area contributed by atoms with Crippen LogP contribution in [0, 0.1) is 23.7 Å². The molecule has 1 fully saturated rings. The molecule has 7 nitrogen and oxygen atoms in total. The summed E-state index contributed by atoms with van der Waals surface area (Å²) in [5.74, 6) is -1.11. The summed E-state index contributed by atoms with van der Waals surface area (Å²) in [5, 5.41) is 10.2. The van der Waals surface area contributed by atoms with Crippen LogP contribution in [0.5, 0.6) is 0 Å². The molecule has 0 aromatic heterocycles. The molecule has 0 bridgehead atoms. The number of hydrogen-bond acceptors (Lipinski definition) is 6. The second-order valence-corrected chi connectivity index (χ2v) is 9.71. The fourth-order valence-electron chi connectivity index (χ4n) is 4.06. The van der Waals surface area contributed by atoms with E-state index in [1.807, 2.05) is 26.0 Å². The van der Waals surface area contributed by atoms with Gasteiger partial charge in [-0.25, -0.2) is 13.1 Å².